The summed E-state index contributed by atoms with van der Waals surface area (Å²) in [5.41, 5.74) is 0.644. The summed E-state index contributed by atoms with van der Waals surface area (Å²) in [4.78, 5) is 16.1. The predicted octanol–water partition coefficient (Wildman–Crippen LogP) is 2.68. The summed E-state index contributed by atoms with van der Waals surface area (Å²) in [6, 6.07) is 3.68. The van der Waals surface area contributed by atoms with Crippen LogP contribution >= 0.6 is 0 Å². The van der Waals surface area contributed by atoms with Crippen molar-refractivity contribution in [2.45, 2.75) is 39.7 Å². The second kappa shape index (κ2) is 6.99. The Kier molecular flexibility index (Phi) is 5.62. The van der Waals surface area contributed by atoms with Gasteiger partial charge in [-0.2, -0.15) is 0 Å². The molecule has 0 radical (unpaired) electrons. The summed E-state index contributed by atoms with van der Waals surface area (Å²) in [5, 5.41) is 5.94. The van der Waals surface area contributed by atoms with E-state index in [0.29, 0.717) is 17.3 Å². The van der Waals surface area contributed by atoms with Gasteiger partial charge in [0.15, 0.2) is 0 Å². The number of pyridine rings is 1. The van der Waals surface area contributed by atoms with Gasteiger partial charge in [-0.25, -0.2) is 4.98 Å². The standard InChI is InChI=1S/C14H23N3O/c1-5-10(2)8-11(3)17-14(18)12-6-7-16-13(9-12)15-4/h6-7,9-11H,5,8H2,1-4H3,(H,15,16)(H,17,18). The fourth-order valence-corrected chi connectivity index (χ4v) is 1.84. The van der Waals surface area contributed by atoms with Gasteiger partial charge in [0.1, 0.15) is 5.82 Å². The van der Waals surface area contributed by atoms with E-state index in [4.69, 9.17) is 0 Å². The maximum absolute atomic E-state index is 12.0. The number of rotatable bonds is 6. The molecule has 0 aliphatic carbocycles. The van der Waals surface area contributed by atoms with E-state index in [1.54, 1.807) is 25.4 Å². The second-order valence-electron chi connectivity index (χ2n) is 4.80. The van der Waals surface area contributed by atoms with E-state index in [1.807, 2.05) is 6.92 Å². The fourth-order valence-electron chi connectivity index (χ4n) is 1.84. The summed E-state index contributed by atoms with van der Waals surface area (Å²) in [5.74, 6) is 1.30. The zero-order valence-corrected chi connectivity index (χ0v) is 11.7. The SMILES string of the molecule is CCC(C)CC(C)NC(=O)c1ccnc(NC)c1. The lowest BCUT2D eigenvalue weighted by Crippen LogP contribution is -2.33. The number of carbonyl (C=O) groups excluding carboxylic acids is 1. The van der Waals surface area contributed by atoms with Gasteiger partial charge in [0.25, 0.3) is 5.91 Å². The van der Waals surface area contributed by atoms with E-state index in [9.17, 15) is 4.79 Å². The number of aromatic nitrogens is 1. The predicted molar refractivity (Wildman–Crippen MR) is 74.8 cm³/mol. The molecule has 1 aromatic rings. The highest BCUT2D eigenvalue weighted by molar-refractivity contribution is 5.94. The quantitative estimate of drug-likeness (QED) is 0.815. The number of anilines is 1. The maximum atomic E-state index is 12.0. The van der Waals surface area contributed by atoms with Gasteiger partial charge in [-0.15, -0.1) is 0 Å². The van der Waals surface area contributed by atoms with Crippen LogP contribution in [0.3, 0.4) is 0 Å². The van der Waals surface area contributed by atoms with Crippen LogP contribution in [0.4, 0.5) is 5.82 Å². The zero-order valence-electron chi connectivity index (χ0n) is 11.7. The lowest BCUT2D eigenvalue weighted by atomic mass is 10.0. The number of hydrogen-bond acceptors (Lipinski definition) is 3. The van der Waals surface area contributed by atoms with E-state index in [-0.39, 0.29) is 11.9 Å². The van der Waals surface area contributed by atoms with Gasteiger partial charge in [0.05, 0.1) is 0 Å². The van der Waals surface area contributed by atoms with Crippen molar-refractivity contribution in [3.05, 3.63) is 23.9 Å². The van der Waals surface area contributed by atoms with Crippen molar-refractivity contribution < 1.29 is 4.79 Å². The van der Waals surface area contributed by atoms with Gasteiger partial charge in [-0.1, -0.05) is 20.3 Å². The minimum atomic E-state index is -0.0373. The van der Waals surface area contributed by atoms with Crippen LogP contribution in [0.15, 0.2) is 18.3 Å². The highest BCUT2D eigenvalue weighted by Gasteiger charge is 2.12. The van der Waals surface area contributed by atoms with Crippen LogP contribution in [0.2, 0.25) is 0 Å². The Morgan fingerprint density at radius 2 is 2.17 bits per heavy atom. The third kappa shape index (κ3) is 4.35. The Balaban J connectivity index is 2.58. The lowest BCUT2D eigenvalue weighted by molar-refractivity contribution is 0.0935. The Labute approximate surface area is 109 Å². The molecule has 1 aromatic heterocycles. The minimum Gasteiger partial charge on any atom is -0.373 e. The Morgan fingerprint density at radius 3 is 2.78 bits per heavy atom. The van der Waals surface area contributed by atoms with E-state index in [0.717, 1.165) is 12.8 Å². The molecule has 1 amide bonds. The van der Waals surface area contributed by atoms with Gasteiger partial charge in [0, 0.05) is 24.8 Å². The molecule has 0 aliphatic rings. The molecular formula is C14H23N3O. The van der Waals surface area contributed by atoms with Crippen LogP contribution in [0.1, 0.15) is 44.0 Å². The summed E-state index contributed by atoms with van der Waals surface area (Å²) in [6.45, 7) is 6.42. The normalized spacial score (nSPS) is 13.8. The average Bonchev–Trinajstić information content (AvgIpc) is 2.38. The summed E-state index contributed by atoms with van der Waals surface area (Å²) in [7, 11) is 1.79. The molecule has 0 bridgehead atoms. The molecule has 1 rings (SSSR count). The summed E-state index contributed by atoms with van der Waals surface area (Å²) < 4.78 is 0. The Morgan fingerprint density at radius 1 is 1.44 bits per heavy atom. The molecule has 0 saturated heterocycles. The van der Waals surface area contributed by atoms with Gasteiger partial charge < -0.3 is 10.6 Å². The third-order valence-electron chi connectivity index (χ3n) is 3.11. The molecule has 4 heteroatoms. The minimum absolute atomic E-state index is 0.0373. The smallest absolute Gasteiger partial charge is 0.251 e. The Hall–Kier alpha value is -1.58. The largest absolute Gasteiger partial charge is 0.373 e. The highest BCUT2D eigenvalue weighted by atomic mass is 16.1. The van der Waals surface area contributed by atoms with Crippen molar-refractivity contribution >= 4 is 11.7 Å². The number of amides is 1. The monoisotopic (exact) mass is 249 g/mol. The molecule has 1 heterocycles. The van der Waals surface area contributed by atoms with E-state index in [2.05, 4.69) is 29.5 Å². The molecule has 0 aromatic carbocycles. The van der Waals surface area contributed by atoms with E-state index in [1.165, 1.54) is 0 Å². The van der Waals surface area contributed by atoms with E-state index < -0.39 is 0 Å². The van der Waals surface area contributed by atoms with Crippen LogP contribution in [-0.4, -0.2) is 24.0 Å². The number of nitrogens with zero attached hydrogens (tertiary/aromatic N) is 1. The highest BCUT2D eigenvalue weighted by Crippen LogP contribution is 2.11. The van der Waals surface area contributed by atoms with Crippen LogP contribution in [0, 0.1) is 5.92 Å². The third-order valence-corrected chi connectivity index (χ3v) is 3.11. The van der Waals surface area contributed by atoms with Crippen molar-refractivity contribution in [2.75, 3.05) is 12.4 Å². The summed E-state index contributed by atoms with van der Waals surface area (Å²) in [6.07, 6.45) is 3.78. The van der Waals surface area contributed by atoms with Gasteiger partial charge in [-0.3, -0.25) is 4.79 Å². The van der Waals surface area contributed by atoms with Gasteiger partial charge >= 0.3 is 0 Å². The van der Waals surface area contributed by atoms with Crippen LogP contribution in [0.5, 0.6) is 0 Å². The number of hydrogen-bond donors (Lipinski definition) is 2. The first kappa shape index (κ1) is 14.5. The lowest BCUT2D eigenvalue weighted by Gasteiger charge is -2.17. The molecule has 0 spiro atoms. The number of carbonyl (C=O) groups is 1. The van der Waals surface area contributed by atoms with Crippen LogP contribution in [-0.2, 0) is 0 Å². The molecule has 0 saturated carbocycles. The zero-order chi connectivity index (χ0) is 13.5. The topological polar surface area (TPSA) is 54.0 Å². The molecule has 0 fully saturated rings. The van der Waals surface area contributed by atoms with Gasteiger partial charge in [-0.05, 0) is 31.4 Å². The number of nitrogens with one attached hydrogen (secondary N) is 2. The van der Waals surface area contributed by atoms with Crippen LogP contribution in [0.25, 0.3) is 0 Å². The van der Waals surface area contributed by atoms with Crippen molar-refractivity contribution in [3.63, 3.8) is 0 Å². The average molecular weight is 249 g/mol. The first-order valence-corrected chi connectivity index (χ1v) is 6.51. The second-order valence-corrected chi connectivity index (χ2v) is 4.80. The maximum Gasteiger partial charge on any atom is 0.251 e. The molecule has 4 nitrogen and oxygen atoms in total. The molecule has 18 heavy (non-hydrogen) atoms. The molecule has 0 aliphatic heterocycles. The first-order valence-electron chi connectivity index (χ1n) is 6.51. The van der Waals surface area contributed by atoms with Gasteiger partial charge in [0.2, 0.25) is 0 Å². The fraction of sp³-hybridized carbons (Fsp3) is 0.571. The van der Waals surface area contributed by atoms with Crippen molar-refractivity contribution in [2.24, 2.45) is 5.92 Å². The molecular weight excluding hydrogens is 226 g/mol. The summed E-state index contributed by atoms with van der Waals surface area (Å²) >= 11 is 0. The van der Waals surface area contributed by atoms with E-state index >= 15 is 0 Å². The Bertz CT molecular complexity index is 392. The van der Waals surface area contributed by atoms with Crippen molar-refractivity contribution in [1.29, 1.82) is 0 Å². The molecule has 2 atom stereocenters. The molecule has 2 unspecified atom stereocenters. The molecule has 100 valence electrons. The van der Waals surface area contributed by atoms with Crippen LogP contribution < -0.4 is 10.6 Å². The first-order chi connectivity index (χ1) is 8.56. The van der Waals surface area contributed by atoms with Crippen molar-refractivity contribution in [3.8, 4) is 0 Å². The van der Waals surface area contributed by atoms with Crippen molar-refractivity contribution in [1.82, 2.24) is 10.3 Å². The molecule has 2 N–H and O–H groups in total.